The number of fused-ring (bicyclic) bond motifs is 1. The number of nitrogens with two attached hydrogens (primary N) is 1. The molecule has 3 aliphatic heterocycles. The van der Waals surface area contributed by atoms with E-state index in [1.165, 1.54) is 36.4 Å². The van der Waals surface area contributed by atoms with E-state index in [0.717, 1.165) is 19.1 Å². The molecular weight excluding hydrogens is 951 g/mol. The van der Waals surface area contributed by atoms with Gasteiger partial charge in [0, 0.05) is 80.8 Å². The number of hydrogen-bond donors (Lipinski definition) is 3. The van der Waals surface area contributed by atoms with Crippen LogP contribution in [-0.4, -0.2) is 111 Å². The van der Waals surface area contributed by atoms with Crippen LogP contribution in [0.5, 0.6) is 23.0 Å². The maximum atomic E-state index is 14.9. The van der Waals surface area contributed by atoms with Gasteiger partial charge in [-0.3, -0.25) is 24.3 Å². The summed E-state index contributed by atoms with van der Waals surface area (Å²) in [5.74, 6) is 0.424. The number of imidazole rings is 1. The van der Waals surface area contributed by atoms with Gasteiger partial charge < -0.3 is 39.8 Å². The van der Waals surface area contributed by atoms with Crippen molar-refractivity contribution in [3.8, 4) is 23.0 Å². The highest BCUT2D eigenvalue weighted by atomic mass is 19.1. The molecule has 74 heavy (non-hydrogen) atoms. The molecule has 3 aromatic carbocycles. The second-order valence-corrected chi connectivity index (χ2v) is 20.6. The van der Waals surface area contributed by atoms with Crippen molar-refractivity contribution in [3.05, 3.63) is 118 Å². The first kappa shape index (κ1) is 51.6. The molecule has 1 atom stereocenters. The monoisotopic (exact) mass is 1020 g/mol. The van der Waals surface area contributed by atoms with E-state index in [9.17, 15) is 28.0 Å². The van der Waals surface area contributed by atoms with E-state index in [1.54, 1.807) is 56.0 Å². The number of benzene rings is 3. The lowest BCUT2D eigenvalue weighted by Crippen LogP contribution is -2.58. The van der Waals surface area contributed by atoms with E-state index in [4.69, 9.17) is 25.2 Å². The molecule has 0 radical (unpaired) electrons. The Bertz CT molecular complexity index is 3120. The molecule has 6 heterocycles. The predicted octanol–water partition coefficient (Wildman–Crippen LogP) is 6.13. The van der Waals surface area contributed by atoms with Crippen LogP contribution in [0.15, 0.2) is 84.4 Å². The molecule has 18 nitrogen and oxygen atoms in total. The Labute approximate surface area is 428 Å². The second kappa shape index (κ2) is 21.3. The van der Waals surface area contributed by atoms with Crippen LogP contribution in [0.3, 0.4) is 0 Å². The summed E-state index contributed by atoms with van der Waals surface area (Å²) in [5.41, 5.74) is 7.60. The van der Waals surface area contributed by atoms with Crippen LogP contribution >= 0.6 is 0 Å². The Morgan fingerprint density at radius 1 is 0.838 bits per heavy atom. The SMILES string of the molecule is CCN(C(=O)c1cc(F)ccc1Oc1c[n+](CCn2c(=O)[nH]c3cc(C=O)ccc32)cnc1N1CC2(CNC([n+]3cnc(N4CCC(N)CC4)c(Oc4ccc(F)cc4C(=O)N(C(C)C)C(C)C)c3)C2)C1)C(C)C. The maximum Gasteiger partial charge on any atom is 0.326 e. The van der Waals surface area contributed by atoms with Gasteiger partial charge in [-0.05, 0) is 126 Å². The molecule has 4 N–H and O–H groups in total. The molecular formula is C54H66F2N12O6+2. The molecule has 20 heteroatoms. The normalized spacial score (nSPS) is 16.6. The molecule has 0 saturated carbocycles. The number of amides is 2. The van der Waals surface area contributed by atoms with Crippen LogP contribution in [-0.2, 0) is 13.1 Å². The highest BCUT2D eigenvalue weighted by molar-refractivity contribution is 5.98. The zero-order valence-corrected chi connectivity index (χ0v) is 43.1. The Morgan fingerprint density at radius 3 is 2.08 bits per heavy atom. The molecule has 2 amide bonds. The Morgan fingerprint density at radius 2 is 1.46 bits per heavy atom. The van der Waals surface area contributed by atoms with Gasteiger partial charge in [0.2, 0.25) is 11.5 Å². The fourth-order valence-electron chi connectivity index (χ4n) is 10.7. The Kier molecular flexibility index (Phi) is 14.8. The van der Waals surface area contributed by atoms with Crippen LogP contribution in [0.1, 0.15) is 105 Å². The number of ether oxygens (including phenoxy) is 2. The lowest BCUT2D eigenvalue weighted by atomic mass is 9.78. The number of carbonyl (C=O) groups excluding carboxylic acids is 3. The van der Waals surface area contributed by atoms with Crippen LogP contribution in [0, 0.1) is 17.0 Å². The van der Waals surface area contributed by atoms with E-state index >= 15 is 0 Å². The van der Waals surface area contributed by atoms with Crippen molar-refractivity contribution in [1.29, 1.82) is 0 Å². The average molecular weight is 1020 g/mol. The quantitative estimate of drug-likeness (QED) is 0.0702. The third kappa shape index (κ3) is 10.5. The van der Waals surface area contributed by atoms with Crippen molar-refractivity contribution in [3.63, 3.8) is 0 Å². The van der Waals surface area contributed by atoms with Gasteiger partial charge in [0.05, 0.1) is 28.7 Å². The van der Waals surface area contributed by atoms with Crippen molar-refractivity contribution in [2.24, 2.45) is 11.1 Å². The number of aryl methyl sites for hydroxylation is 2. The van der Waals surface area contributed by atoms with E-state index in [1.807, 2.05) is 59.2 Å². The summed E-state index contributed by atoms with van der Waals surface area (Å²) in [4.78, 5) is 72.8. The molecule has 0 aliphatic carbocycles. The number of rotatable bonds is 17. The number of aromatic nitrogens is 6. The standard InChI is InChI=1S/C54H65F2N12O6/c1-8-66(33(2)3)51(70)40-22-37(55)10-13-44(40)73-46-25-62(19-20-67-43-12-9-36(27-69)21-42(43)61-53(67)72)31-59-50(46)65-29-54(30-65)24-48(58-28-54)64-26-47(49(60-32-64)63-17-15-39(57)16-18-63)74-45-14-11-38(56)23-41(45)52(71)68(34(4)5)35(6)7/h9-14,21-23,25-27,31-35,39,48,58H,8,15-20,24,28-30,57H2,1-7H3/q+1/p+1. The largest absolute Gasteiger partial charge is 0.446 e. The first-order valence-corrected chi connectivity index (χ1v) is 25.5. The van der Waals surface area contributed by atoms with E-state index in [-0.39, 0.29) is 82.4 Å². The fraction of sp³-hybridized carbons (Fsp3) is 0.444. The summed E-state index contributed by atoms with van der Waals surface area (Å²) in [6.07, 6.45) is 9.91. The molecule has 1 spiro atoms. The third-order valence-corrected chi connectivity index (χ3v) is 14.4. The molecule has 3 fully saturated rings. The van der Waals surface area contributed by atoms with Crippen LogP contribution in [0.4, 0.5) is 20.4 Å². The summed E-state index contributed by atoms with van der Waals surface area (Å²) in [7, 11) is 0. The van der Waals surface area contributed by atoms with Crippen molar-refractivity contribution >= 4 is 40.8 Å². The molecule has 0 bridgehead atoms. The number of aromatic amines is 1. The van der Waals surface area contributed by atoms with Gasteiger partial charge >= 0.3 is 5.69 Å². The van der Waals surface area contributed by atoms with Gasteiger partial charge in [-0.2, -0.15) is 0 Å². The van der Waals surface area contributed by atoms with Gasteiger partial charge in [-0.1, -0.05) is 0 Å². The molecule has 1 unspecified atom stereocenters. The number of H-pyrrole nitrogens is 1. The maximum absolute atomic E-state index is 14.9. The number of hydrogen-bond acceptors (Lipinski definition) is 12. The lowest BCUT2D eigenvalue weighted by molar-refractivity contribution is -0.729. The summed E-state index contributed by atoms with van der Waals surface area (Å²) < 4.78 is 48.5. The number of anilines is 2. The highest BCUT2D eigenvalue weighted by Gasteiger charge is 2.52. The lowest BCUT2D eigenvalue weighted by Gasteiger charge is -2.47. The highest BCUT2D eigenvalue weighted by Crippen LogP contribution is 2.45. The minimum Gasteiger partial charge on any atom is -0.446 e. The molecule has 9 rings (SSSR count). The first-order valence-electron chi connectivity index (χ1n) is 25.5. The average Bonchev–Trinajstić information content (AvgIpc) is 3.96. The van der Waals surface area contributed by atoms with Gasteiger partial charge in [0.25, 0.3) is 36.1 Å². The summed E-state index contributed by atoms with van der Waals surface area (Å²) in [6, 6.07) is 12.6. The van der Waals surface area contributed by atoms with Crippen LogP contribution in [0.25, 0.3) is 11.0 Å². The van der Waals surface area contributed by atoms with Gasteiger partial charge in [-0.15, -0.1) is 0 Å². The van der Waals surface area contributed by atoms with Crippen molar-refractivity contribution in [1.82, 2.24) is 34.6 Å². The second-order valence-electron chi connectivity index (χ2n) is 20.6. The minimum absolute atomic E-state index is 0.0732. The van der Waals surface area contributed by atoms with Crippen LogP contribution in [0.2, 0.25) is 0 Å². The Balaban J connectivity index is 0.993. The van der Waals surface area contributed by atoms with Gasteiger partial charge in [-0.25, -0.2) is 22.7 Å². The zero-order chi connectivity index (χ0) is 52.6. The van der Waals surface area contributed by atoms with Crippen molar-refractivity contribution < 1.29 is 41.8 Å². The number of carbonyl (C=O) groups is 3. The van der Waals surface area contributed by atoms with Crippen LogP contribution < -0.4 is 45.1 Å². The fourth-order valence-corrected chi connectivity index (χ4v) is 10.7. The molecule has 3 aliphatic rings. The number of nitrogens with one attached hydrogen (secondary N) is 2. The van der Waals surface area contributed by atoms with E-state index in [0.29, 0.717) is 92.0 Å². The number of nitrogens with zero attached hydrogens (tertiary/aromatic N) is 9. The molecule has 390 valence electrons. The summed E-state index contributed by atoms with van der Waals surface area (Å²) >= 11 is 0. The van der Waals surface area contributed by atoms with Gasteiger partial charge in [0.1, 0.15) is 48.4 Å². The van der Waals surface area contributed by atoms with E-state index < -0.39 is 11.6 Å². The van der Waals surface area contributed by atoms with Crippen molar-refractivity contribution in [2.75, 3.05) is 49.1 Å². The summed E-state index contributed by atoms with van der Waals surface area (Å²) in [5, 5.41) is 3.70. The minimum atomic E-state index is -0.577. The number of aldehydes is 1. The molecule has 3 aromatic heterocycles. The predicted molar refractivity (Wildman–Crippen MR) is 274 cm³/mol. The smallest absolute Gasteiger partial charge is 0.326 e. The number of piperidine rings is 1. The zero-order valence-electron chi connectivity index (χ0n) is 43.1. The van der Waals surface area contributed by atoms with Crippen molar-refractivity contribution in [2.45, 2.75) is 111 Å². The third-order valence-electron chi connectivity index (χ3n) is 14.4. The Hall–Kier alpha value is -7.32. The summed E-state index contributed by atoms with van der Waals surface area (Å²) in [6.45, 7) is 17.5. The molecule has 6 aromatic rings. The van der Waals surface area contributed by atoms with E-state index in [2.05, 4.69) is 20.1 Å². The topological polar surface area (TPSA) is 192 Å². The van der Waals surface area contributed by atoms with Gasteiger partial charge in [0.15, 0.2) is 6.17 Å². The first-order chi connectivity index (χ1) is 35.4. The molecule has 3 saturated heterocycles. The number of halogens is 2.